The summed E-state index contributed by atoms with van der Waals surface area (Å²) >= 11 is 0. The molecule has 130 valence electrons. The number of halogens is 3. The first-order valence-electron chi connectivity index (χ1n) is 7.69. The Kier molecular flexibility index (Phi) is 5.01. The summed E-state index contributed by atoms with van der Waals surface area (Å²) in [6, 6.07) is 7.87. The lowest BCUT2D eigenvalue weighted by Gasteiger charge is -2.23. The van der Waals surface area contributed by atoms with Gasteiger partial charge in [-0.2, -0.15) is 13.2 Å². The third-order valence-electron chi connectivity index (χ3n) is 3.90. The van der Waals surface area contributed by atoms with E-state index in [0.717, 1.165) is 17.2 Å². The van der Waals surface area contributed by atoms with Crippen molar-refractivity contribution < 1.29 is 18.3 Å². The molecule has 0 bridgehead atoms. The van der Waals surface area contributed by atoms with Crippen molar-refractivity contribution in [3.05, 3.63) is 52.6 Å². The molecule has 0 fully saturated rings. The second-order valence-corrected chi connectivity index (χ2v) is 8.37. The van der Waals surface area contributed by atoms with Gasteiger partial charge in [-0.3, -0.25) is 0 Å². The number of benzene rings is 2. The fourth-order valence-corrected chi connectivity index (χ4v) is 4.11. The molecule has 0 aromatic heterocycles. The molecule has 2 aromatic carbocycles. The molecule has 0 aliphatic heterocycles. The van der Waals surface area contributed by atoms with Crippen molar-refractivity contribution in [2.75, 3.05) is 0 Å². The van der Waals surface area contributed by atoms with Gasteiger partial charge in [-0.05, 0) is 47.8 Å². The van der Waals surface area contributed by atoms with Crippen LogP contribution in [0.3, 0.4) is 0 Å². The number of rotatable bonds is 2. The zero-order chi connectivity index (χ0) is 18.3. The summed E-state index contributed by atoms with van der Waals surface area (Å²) in [6.07, 6.45) is -4.40. The molecule has 0 saturated heterocycles. The Bertz CT molecular complexity index is 758. The van der Waals surface area contributed by atoms with E-state index in [1.165, 1.54) is 6.07 Å². The van der Waals surface area contributed by atoms with E-state index in [4.69, 9.17) is 0 Å². The molecule has 24 heavy (non-hydrogen) atoms. The number of alkyl halides is 3. The lowest BCUT2D eigenvalue weighted by Crippen LogP contribution is -2.21. The van der Waals surface area contributed by atoms with Crippen molar-refractivity contribution in [3.63, 3.8) is 0 Å². The van der Waals surface area contributed by atoms with Gasteiger partial charge in [0.25, 0.3) is 0 Å². The second-order valence-electron chi connectivity index (χ2n) is 7.08. The van der Waals surface area contributed by atoms with Crippen LogP contribution in [0.2, 0.25) is 0 Å². The van der Waals surface area contributed by atoms with Crippen LogP contribution in [0.1, 0.15) is 43.0 Å². The van der Waals surface area contributed by atoms with Gasteiger partial charge in [-0.15, -0.1) is 0 Å². The van der Waals surface area contributed by atoms with Gasteiger partial charge >= 0.3 is 6.18 Å². The van der Waals surface area contributed by atoms with Gasteiger partial charge in [0.05, 0.1) is 5.56 Å². The molecule has 0 saturated carbocycles. The topological polar surface area (TPSA) is 20.2 Å². The summed E-state index contributed by atoms with van der Waals surface area (Å²) in [5, 5.41) is 11.4. The highest BCUT2D eigenvalue weighted by Gasteiger charge is 2.34. The fourth-order valence-electron chi connectivity index (χ4n) is 2.65. The normalized spacial score (nSPS) is 13.0. The summed E-state index contributed by atoms with van der Waals surface area (Å²) in [4.78, 5) is 0. The molecular weight excluding hydrogens is 332 g/mol. The minimum atomic E-state index is -4.40. The summed E-state index contributed by atoms with van der Waals surface area (Å²) < 4.78 is 40.0. The van der Waals surface area contributed by atoms with Gasteiger partial charge in [0, 0.05) is 10.9 Å². The number of hydrogen-bond acceptors (Lipinski definition) is 1. The number of phenols is 1. The molecule has 0 radical (unpaired) electrons. The van der Waals surface area contributed by atoms with Crippen molar-refractivity contribution >= 4 is 19.2 Å². The lowest BCUT2D eigenvalue weighted by atomic mass is 9.85. The second kappa shape index (κ2) is 6.40. The Morgan fingerprint density at radius 2 is 1.58 bits per heavy atom. The zero-order valence-corrected chi connectivity index (χ0v) is 15.5. The van der Waals surface area contributed by atoms with Crippen LogP contribution in [0.15, 0.2) is 30.3 Å². The van der Waals surface area contributed by atoms with E-state index in [1.807, 2.05) is 33.8 Å². The molecule has 0 amide bonds. The standard InChI is InChI=1S/C19H22F3OP/c1-11-9-14(18(3,4)5)16(23)15(10-11)24-17-12(2)7-6-8-13(17)19(20,21)22/h6-10,23-24H,1-5H3. The molecule has 0 aliphatic rings. The van der Waals surface area contributed by atoms with Crippen LogP contribution in [-0.2, 0) is 11.6 Å². The SMILES string of the molecule is Cc1cc(Pc2c(C)cccc2C(F)(F)F)c(O)c(C(C)(C)C)c1. The molecule has 0 heterocycles. The van der Waals surface area contributed by atoms with Crippen LogP contribution in [0, 0.1) is 13.8 Å². The van der Waals surface area contributed by atoms with Crippen molar-refractivity contribution in [1.82, 2.24) is 0 Å². The molecule has 1 N–H and O–H groups in total. The Hall–Kier alpha value is -1.54. The first kappa shape index (κ1) is 18.8. The van der Waals surface area contributed by atoms with Crippen molar-refractivity contribution in [2.45, 2.75) is 46.2 Å². The summed E-state index contributed by atoms with van der Waals surface area (Å²) in [7, 11) is -0.251. The Balaban J connectivity index is 2.60. The third-order valence-corrected chi connectivity index (χ3v) is 5.46. The number of aryl methyl sites for hydroxylation is 2. The van der Waals surface area contributed by atoms with Gasteiger partial charge in [0.15, 0.2) is 0 Å². The van der Waals surface area contributed by atoms with Gasteiger partial charge in [0.1, 0.15) is 5.75 Å². The molecule has 1 atom stereocenters. The monoisotopic (exact) mass is 354 g/mol. The van der Waals surface area contributed by atoms with E-state index in [2.05, 4.69) is 0 Å². The predicted octanol–water partition coefficient (Wildman–Crippen LogP) is 4.95. The molecule has 0 aliphatic carbocycles. The first-order valence-corrected chi connectivity index (χ1v) is 8.69. The van der Waals surface area contributed by atoms with Gasteiger partial charge in [-0.25, -0.2) is 0 Å². The van der Waals surface area contributed by atoms with Gasteiger partial charge < -0.3 is 5.11 Å². The van der Waals surface area contributed by atoms with Crippen LogP contribution in [0.25, 0.3) is 0 Å². The number of aromatic hydroxyl groups is 1. The highest BCUT2D eigenvalue weighted by molar-refractivity contribution is 7.56. The largest absolute Gasteiger partial charge is 0.507 e. The first-order chi connectivity index (χ1) is 10.9. The lowest BCUT2D eigenvalue weighted by molar-refractivity contribution is -0.136. The van der Waals surface area contributed by atoms with E-state index >= 15 is 0 Å². The maximum atomic E-state index is 13.3. The number of hydrogen-bond donors (Lipinski definition) is 1. The molecule has 1 nitrogen and oxygen atoms in total. The maximum absolute atomic E-state index is 13.3. The van der Waals surface area contributed by atoms with Crippen molar-refractivity contribution in [1.29, 1.82) is 0 Å². The van der Waals surface area contributed by atoms with Crippen molar-refractivity contribution in [3.8, 4) is 5.75 Å². The van der Waals surface area contributed by atoms with Crippen LogP contribution >= 0.6 is 8.58 Å². The minimum Gasteiger partial charge on any atom is -0.507 e. The molecule has 1 unspecified atom stereocenters. The Morgan fingerprint density at radius 3 is 2.12 bits per heavy atom. The van der Waals surface area contributed by atoms with Crippen LogP contribution < -0.4 is 10.6 Å². The summed E-state index contributed by atoms with van der Waals surface area (Å²) in [5.41, 5.74) is 1.36. The average Bonchev–Trinajstić information content (AvgIpc) is 2.42. The van der Waals surface area contributed by atoms with E-state index < -0.39 is 11.7 Å². The zero-order valence-electron chi connectivity index (χ0n) is 14.5. The smallest absolute Gasteiger partial charge is 0.417 e. The third kappa shape index (κ3) is 3.92. The summed E-state index contributed by atoms with van der Waals surface area (Å²) in [5.74, 6) is 0.0998. The maximum Gasteiger partial charge on any atom is 0.417 e. The van der Waals surface area contributed by atoms with E-state index in [-0.39, 0.29) is 25.0 Å². The van der Waals surface area contributed by atoms with Crippen LogP contribution in [0.4, 0.5) is 13.2 Å². The molecule has 2 rings (SSSR count). The minimum absolute atomic E-state index is 0.0998. The summed E-state index contributed by atoms with van der Waals surface area (Å²) in [6.45, 7) is 9.50. The van der Waals surface area contributed by atoms with Crippen LogP contribution in [0.5, 0.6) is 5.75 Å². The quantitative estimate of drug-likeness (QED) is 0.756. The molecule has 2 aromatic rings. The van der Waals surface area contributed by atoms with E-state index in [1.54, 1.807) is 19.1 Å². The molecule has 5 heteroatoms. The number of phenolic OH excluding ortho intramolecular Hbond substituents is 1. The fraction of sp³-hybridized carbons (Fsp3) is 0.368. The van der Waals surface area contributed by atoms with Gasteiger partial charge in [-0.1, -0.05) is 47.6 Å². The van der Waals surface area contributed by atoms with Gasteiger partial charge in [0.2, 0.25) is 0 Å². The Morgan fingerprint density at radius 1 is 0.958 bits per heavy atom. The molecule has 0 spiro atoms. The van der Waals surface area contributed by atoms with E-state index in [9.17, 15) is 18.3 Å². The van der Waals surface area contributed by atoms with E-state index in [0.29, 0.717) is 10.9 Å². The molecular formula is C19H22F3OP. The highest BCUT2D eigenvalue weighted by atomic mass is 31.1. The van der Waals surface area contributed by atoms with Crippen LogP contribution in [-0.4, -0.2) is 5.11 Å². The average molecular weight is 354 g/mol. The van der Waals surface area contributed by atoms with Crippen molar-refractivity contribution in [2.24, 2.45) is 0 Å². The predicted molar refractivity (Wildman–Crippen MR) is 95.3 cm³/mol. The Labute approximate surface area is 142 Å². The highest BCUT2D eigenvalue weighted by Crippen LogP contribution is 2.36.